The maximum Gasteiger partial charge on any atom is 0.368 e. The molecule has 7 nitrogen and oxygen atoms in total. The first-order valence-electron chi connectivity index (χ1n) is 7.91. The van der Waals surface area contributed by atoms with E-state index < -0.39 is 10.9 Å². The highest BCUT2D eigenvalue weighted by atomic mass is 16.7. The monoisotopic (exact) mass is 351 g/mol. The number of carbonyl (C=O) groups excluding carboxylic acids is 1. The number of oxime groups is 1. The summed E-state index contributed by atoms with van der Waals surface area (Å²) in [5.41, 5.74) is 3.36. The minimum absolute atomic E-state index is 0.0285. The van der Waals surface area contributed by atoms with Crippen molar-refractivity contribution < 1.29 is 14.6 Å². The molecule has 2 aromatic rings. The van der Waals surface area contributed by atoms with Gasteiger partial charge in [0.15, 0.2) is 0 Å². The van der Waals surface area contributed by atoms with Crippen LogP contribution in [-0.4, -0.2) is 30.7 Å². The molecule has 3 rings (SSSR count). The maximum absolute atomic E-state index is 12.1. The lowest BCUT2D eigenvalue weighted by Gasteiger charge is -2.12. The molecular weight excluding hydrogens is 334 g/mol. The molecule has 0 N–H and O–H groups in total. The lowest BCUT2D eigenvalue weighted by atomic mass is 9.99. The molecule has 0 saturated carbocycles. The van der Waals surface area contributed by atoms with Crippen LogP contribution in [0.1, 0.15) is 16.7 Å². The average molecular weight is 351 g/mol. The van der Waals surface area contributed by atoms with Crippen LogP contribution in [0, 0.1) is 17.0 Å². The Morgan fingerprint density at radius 3 is 2.46 bits per heavy atom. The molecule has 0 fully saturated rings. The first kappa shape index (κ1) is 17.3. The van der Waals surface area contributed by atoms with Gasteiger partial charge in [0.25, 0.3) is 5.69 Å². The molecule has 26 heavy (non-hydrogen) atoms. The molecule has 0 aromatic heterocycles. The van der Waals surface area contributed by atoms with Crippen LogP contribution in [0.3, 0.4) is 0 Å². The van der Waals surface area contributed by atoms with E-state index in [0.717, 1.165) is 11.3 Å². The number of hydrogen-bond donors (Lipinski definition) is 0. The summed E-state index contributed by atoms with van der Waals surface area (Å²) in [7, 11) is 3.88. The minimum atomic E-state index is -0.583. The Hall–Kier alpha value is -3.48. The zero-order chi connectivity index (χ0) is 18.8. The molecule has 2 aromatic carbocycles. The number of benzene rings is 2. The highest BCUT2D eigenvalue weighted by Crippen LogP contribution is 2.26. The van der Waals surface area contributed by atoms with Gasteiger partial charge >= 0.3 is 5.97 Å². The van der Waals surface area contributed by atoms with Gasteiger partial charge in [-0.15, -0.1) is 0 Å². The van der Waals surface area contributed by atoms with Crippen molar-refractivity contribution in [2.24, 2.45) is 5.16 Å². The molecule has 0 aliphatic carbocycles. The third kappa shape index (κ3) is 3.32. The Morgan fingerprint density at radius 2 is 1.85 bits per heavy atom. The van der Waals surface area contributed by atoms with Crippen LogP contribution >= 0.6 is 0 Å². The van der Waals surface area contributed by atoms with E-state index in [2.05, 4.69) is 5.16 Å². The number of aryl methyl sites for hydroxylation is 1. The molecular formula is C19H17N3O4. The van der Waals surface area contributed by atoms with Crippen molar-refractivity contribution in [2.75, 3.05) is 19.0 Å². The van der Waals surface area contributed by atoms with Gasteiger partial charge in [0.05, 0.1) is 10.5 Å². The van der Waals surface area contributed by atoms with Crippen molar-refractivity contribution in [2.45, 2.75) is 6.92 Å². The molecule has 0 amide bonds. The van der Waals surface area contributed by atoms with Crippen LogP contribution in [0.4, 0.5) is 11.4 Å². The number of nitro groups is 1. The first-order chi connectivity index (χ1) is 12.4. The van der Waals surface area contributed by atoms with E-state index in [-0.39, 0.29) is 17.0 Å². The van der Waals surface area contributed by atoms with Crippen molar-refractivity contribution >= 4 is 29.1 Å². The Labute approximate surface area is 150 Å². The molecule has 1 aliphatic heterocycles. The van der Waals surface area contributed by atoms with Crippen molar-refractivity contribution in [1.29, 1.82) is 0 Å². The van der Waals surface area contributed by atoms with Gasteiger partial charge in [0.1, 0.15) is 5.71 Å². The summed E-state index contributed by atoms with van der Waals surface area (Å²) < 4.78 is 0. The van der Waals surface area contributed by atoms with E-state index in [1.807, 2.05) is 43.3 Å². The van der Waals surface area contributed by atoms with Gasteiger partial charge in [-0.3, -0.25) is 10.1 Å². The lowest BCUT2D eigenvalue weighted by Crippen LogP contribution is -2.09. The van der Waals surface area contributed by atoms with E-state index in [4.69, 9.17) is 4.84 Å². The van der Waals surface area contributed by atoms with Crippen LogP contribution in [0.25, 0.3) is 6.08 Å². The molecule has 7 heteroatoms. The fraction of sp³-hybridized carbons (Fsp3) is 0.158. The van der Waals surface area contributed by atoms with Crippen molar-refractivity contribution in [3.63, 3.8) is 0 Å². The Balaban J connectivity index is 1.99. The van der Waals surface area contributed by atoms with Gasteiger partial charge in [-0.2, -0.15) is 0 Å². The Kier molecular flexibility index (Phi) is 4.53. The smallest absolute Gasteiger partial charge is 0.368 e. The van der Waals surface area contributed by atoms with E-state index in [1.165, 1.54) is 6.07 Å². The summed E-state index contributed by atoms with van der Waals surface area (Å²) in [4.78, 5) is 29.6. The summed E-state index contributed by atoms with van der Waals surface area (Å²) in [5.74, 6) is -0.583. The number of hydrogen-bond acceptors (Lipinski definition) is 6. The Morgan fingerprint density at radius 1 is 1.15 bits per heavy atom. The second kappa shape index (κ2) is 6.79. The third-order valence-electron chi connectivity index (χ3n) is 4.09. The van der Waals surface area contributed by atoms with E-state index in [0.29, 0.717) is 11.1 Å². The van der Waals surface area contributed by atoms with Gasteiger partial charge < -0.3 is 9.74 Å². The van der Waals surface area contributed by atoms with Gasteiger partial charge in [-0.1, -0.05) is 29.4 Å². The number of rotatable bonds is 4. The van der Waals surface area contributed by atoms with E-state index in [1.54, 1.807) is 25.1 Å². The fourth-order valence-corrected chi connectivity index (χ4v) is 2.61. The molecule has 0 spiro atoms. The van der Waals surface area contributed by atoms with Gasteiger partial charge in [0, 0.05) is 37.0 Å². The fourth-order valence-electron chi connectivity index (χ4n) is 2.61. The molecule has 0 radical (unpaired) electrons. The SMILES string of the molecule is Cc1ccc(C2=NOC(=O)/C2=C\c2ccc(N(C)C)cc2)cc1[N+](=O)[O-]. The molecule has 0 bridgehead atoms. The highest BCUT2D eigenvalue weighted by molar-refractivity contribution is 6.31. The molecule has 1 heterocycles. The average Bonchev–Trinajstić information content (AvgIpc) is 2.96. The largest absolute Gasteiger partial charge is 0.378 e. The lowest BCUT2D eigenvalue weighted by molar-refractivity contribution is -0.385. The van der Waals surface area contributed by atoms with Crippen molar-refractivity contribution in [3.05, 3.63) is 74.8 Å². The van der Waals surface area contributed by atoms with Gasteiger partial charge in [-0.05, 0) is 30.7 Å². The highest BCUT2D eigenvalue weighted by Gasteiger charge is 2.28. The minimum Gasteiger partial charge on any atom is -0.378 e. The molecule has 132 valence electrons. The van der Waals surface area contributed by atoms with Crippen molar-refractivity contribution in [3.8, 4) is 0 Å². The summed E-state index contributed by atoms with van der Waals surface area (Å²) >= 11 is 0. The number of nitro benzene ring substituents is 1. The number of nitrogens with zero attached hydrogens (tertiary/aromatic N) is 3. The predicted octanol–water partition coefficient (Wildman–Crippen LogP) is 3.31. The second-order valence-corrected chi connectivity index (χ2v) is 6.12. The van der Waals surface area contributed by atoms with Gasteiger partial charge in [0.2, 0.25) is 0 Å². The van der Waals surface area contributed by atoms with Crippen LogP contribution in [0.15, 0.2) is 53.2 Å². The third-order valence-corrected chi connectivity index (χ3v) is 4.09. The molecule has 0 saturated heterocycles. The quantitative estimate of drug-likeness (QED) is 0.365. The molecule has 0 unspecified atom stereocenters. The normalized spacial score (nSPS) is 15.0. The Bertz CT molecular complexity index is 944. The summed E-state index contributed by atoms with van der Waals surface area (Å²) in [6, 6.07) is 12.3. The zero-order valence-electron chi connectivity index (χ0n) is 14.6. The zero-order valence-corrected chi connectivity index (χ0v) is 14.6. The molecule has 0 atom stereocenters. The van der Waals surface area contributed by atoms with E-state index >= 15 is 0 Å². The summed E-state index contributed by atoms with van der Waals surface area (Å²) in [5, 5.41) is 15.0. The predicted molar refractivity (Wildman–Crippen MR) is 99.2 cm³/mol. The van der Waals surface area contributed by atoms with Gasteiger partial charge in [-0.25, -0.2) is 4.79 Å². The van der Waals surface area contributed by atoms with Crippen molar-refractivity contribution in [1.82, 2.24) is 0 Å². The van der Waals surface area contributed by atoms with Crippen LogP contribution in [-0.2, 0) is 9.63 Å². The second-order valence-electron chi connectivity index (χ2n) is 6.12. The van der Waals surface area contributed by atoms with Crippen LogP contribution in [0.2, 0.25) is 0 Å². The number of carbonyl (C=O) groups is 1. The number of anilines is 1. The standard InChI is InChI=1S/C19H17N3O4/c1-12-4-7-14(11-17(12)22(24)25)18-16(19(23)26-20-18)10-13-5-8-15(9-6-13)21(2)3/h4-11H,1-3H3/b16-10-. The molecule has 1 aliphatic rings. The summed E-state index contributed by atoms with van der Waals surface area (Å²) in [6.07, 6.45) is 1.67. The van der Waals surface area contributed by atoms with Crippen LogP contribution < -0.4 is 4.90 Å². The summed E-state index contributed by atoms with van der Waals surface area (Å²) in [6.45, 7) is 1.66. The van der Waals surface area contributed by atoms with E-state index in [9.17, 15) is 14.9 Å². The topological polar surface area (TPSA) is 85.0 Å². The maximum atomic E-state index is 12.1. The first-order valence-corrected chi connectivity index (χ1v) is 7.91. The van der Waals surface area contributed by atoms with Crippen LogP contribution in [0.5, 0.6) is 0 Å².